The molecule has 0 saturated heterocycles. The maximum absolute atomic E-state index is 12.2. The van der Waals surface area contributed by atoms with Crippen LogP contribution in [0.1, 0.15) is 25.0 Å². The Hall–Kier alpha value is -1.65. The van der Waals surface area contributed by atoms with Crippen LogP contribution >= 0.6 is 15.9 Å². The lowest BCUT2D eigenvalue weighted by Crippen LogP contribution is -2.47. The molecule has 0 spiro atoms. The summed E-state index contributed by atoms with van der Waals surface area (Å²) in [6.45, 7) is 4.95. The number of rotatable bonds is 7. The number of ether oxygens (including phenoxy) is 1. The third-order valence-electron chi connectivity index (χ3n) is 3.33. The standard InChI is InChI=1S/C19H22BrNO2/c1-19(2,14-23-13-16-6-4-3-5-7-16)21-18(22)12-15-8-10-17(20)11-9-15/h3-11H,12-14H2,1-2H3,(H,21,22). The van der Waals surface area contributed by atoms with Crippen molar-refractivity contribution in [2.75, 3.05) is 6.61 Å². The van der Waals surface area contributed by atoms with Gasteiger partial charge < -0.3 is 10.1 Å². The largest absolute Gasteiger partial charge is 0.374 e. The highest BCUT2D eigenvalue weighted by Gasteiger charge is 2.20. The minimum atomic E-state index is -0.402. The molecule has 0 radical (unpaired) electrons. The van der Waals surface area contributed by atoms with Gasteiger partial charge in [-0.3, -0.25) is 4.79 Å². The maximum Gasteiger partial charge on any atom is 0.224 e. The van der Waals surface area contributed by atoms with Crippen molar-refractivity contribution in [2.24, 2.45) is 0 Å². The van der Waals surface area contributed by atoms with Gasteiger partial charge in [-0.1, -0.05) is 58.4 Å². The van der Waals surface area contributed by atoms with Gasteiger partial charge in [0, 0.05) is 4.47 Å². The lowest BCUT2D eigenvalue weighted by Gasteiger charge is -2.26. The Labute approximate surface area is 146 Å². The van der Waals surface area contributed by atoms with E-state index in [0.29, 0.717) is 19.6 Å². The Bertz CT molecular complexity index is 624. The van der Waals surface area contributed by atoms with Crippen molar-refractivity contribution in [3.63, 3.8) is 0 Å². The zero-order valence-corrected chi connectivity index (χ0v) is 15.1. The molecule has 0 aliphatic heterocycles. The van der Waals surface area contributed by atoms with E-state index in [0.717, 1.165) is 15.6 Å². The molecule has 0 aliphatic rings. The fourth-order valence-electron chi connectivity index (χ4n) is 2.24. The van der Waals surface area contributed by atoms with Gasteiger partial charge in [-0.25, -0.2) is 0 Å². The van der Waals surface area contributed by atoms with E-state index in [9.17, 15) is 4.79 Å². The van der Waals surface area contributed by atoms with Crippen LogP contribution in [0.15, 0.2) is 59.1 Å². The van der Waals surface area contributed by atoms with Crippen molar-refractivity contribution in [3.05, 3.63) is 70.2 Å². The molecule has 3 nitrogen and oxygen atoms in total. The second-order valence-corrected chi connectivity index (χ2v) is 7.13. The highest BCUT2D eigenvalue weighted by molar-refractivity contribution is 9.10. The molecule has 0 saturated carbocycles. The molecule has 0 aliphatic carbocycles. The number of hydrogen-bond donors (Lipinski definition) is 1. The van der Waals surface area contributed by atoms with E-state index in [1.165, 1.54) is 0 Å². The zero-order chi connectivity index (χ0) is 16.7. The Balaban J connectivity index is 1.78. The van der Waals surface area contributed by atoms with E-state index in [4.69, 9.17) is 4.74 Å². The second kappa shape index (κ2) is 8.27. The Morgan fingerprint density at radius 1 is 1.04 bits per heavy atom. The highest BCUT2D eigenvalue weighted by atomic mass is 79.9. The molecule has 0 bridgehead atoms. The quantitative estimate of drug-likeness (QED) is 0.790. The number of hydrogen-bond acceptors (Lipinski definition) is 2. The minimum Gasteiger partial charge on any atom is -0.374 e. The van der Waals surface area contributed by atoms with Gasteiger partial charge in [0.15, 0.2) is 0 Å². The topological polar surface area (TPSA) is 38.3 Å². The van der Waals surface area contributed by atoms with Crippen molar-refractivity contribution in [2.45, 2.75) is 32.4 Å². The van der Waals surface area contributed by atoms with Gasteiger partial charge in [0.1, 0.15) is 0 Å². The Morgan fingerprint density at radius 2 is 1.70 bits per heavy atom. The number of halogens is 1. The number of nitrogens with one attached hydrogen (secondary N) is 1. The minimum absolute atomic E-state index is 0.000587. The predicted molar refractivity (Wildman–Crippen MR) is 96.2 cm³/mol. The van der Waals surface area contributed by atoms with Crippen molar-refractivity contribution in [1.29, 1.82) is 0 Å². The first-order valence-electron chi connectivity index (χ1n) is 7.62. The summed E-state index contributed by atoms with van der Waals surface area (Å²) in [5.74, 6) is 0.000587. The summed E-state index contributed by atoms with van der Waals surface area (Å²) in [4.78, 5) is 12.2. The lowest BCUT2D eigenvalue weighted by molar-refractivity contribution is -0.122. The van der Waals surface area contributed by atoms with E-state index in [1.54, 1.807) is 0 Å². The third kappa shape index (κ3) is 6.55. The average Bonchev–Trinajstić information content (AvgIpc) is 2.50. The van der Waals surface area contributed by atoms with E-state index < -0.39 is 5.54 Å². The molecule has 0 atom stereocenters. The van der Waals surface area contributed by atoms with E-state index in [2.05, 4.69) is 21.2 Å². The van der Waals surface area contributed by atoms with Gasteiger partial charge in [0.05, 0.1) is 25.2 Å². The number of carbonyl (C=O) groups is 1. The average molecular weight is 376 g/mol. The van der Waals surface area contributed by atoms with Gasteiger partial charge >= 0.3 is 0 Å². The molecule has 0 unspecified atom stereocenters. The van der Waals surface area contributed by atoms with Gasteiger partial charge in [-0.15, -0.1) is 0 Å². The zero-order valence-electron chi connectivity index (χ0n) is 13.5. The summed E-state index contributed by atoms with van der Waals surface area (Å²) in [5.41, 5.74) is 1.72. The molecule has 0 heterocycles. The molecule has 2 rings (SSSR count). The summed E-state index contributed by atoms with van der Waals surface area (Å²) >= 11 is 3.39. The van der Waals surface area contributed by atoms with Gasteiger partial charge in [-0.2, -0.15) is 0 Å². The molecule has 2 aromatic carbocycles. The first-order valence-corrected chi connectivity index (χ1v) is 8.41. The molecule has 4 heteroatoms. The normalized spacial score (nSPS) is 11.3. The van der Waals surface area contributed by atoms with Crippen molar-refractivity contribution in [3.8, 4) is 0 Å². The molecule has 1 amide bonds. The summed E-state index contributed by atoms with van der Waals surface area (Å²) < 4.78 is 6.74. The Kier molecular flexibility index (Phi) is 6.37. The number of carbonyl (C=O) groups excluding carboxylic acids is 1. The van der Waals surface area contributed by atoms with Crippen LogP contribution in [0.25, 0.3) is 0 Å². The molecule has 122 valence electrons. The fraction of sp³-hybridized carbons (Fsp3) is 0.316. The van der Waals surface area contributed by atoms with Crippen molar-refractivity contribution >= 4 is 21.8 Å². The monoisotopic (exact) mass is 375 g/mol. The van der Waals surface area contributed by atoms with Gasteiger partial charge in [0.2, 0.25) is 5.91 Å². The SMILES string of the molecule is CC(C)(COCc1ccccc1)NC(=O)Cc1ccc(Br)cc1. The summed E-state index contributed by atoms with van der Waals surface area (Å²) in [6.07, 6.45) is 0.370. The van der Waals surface area contributed by atoms with Crippen LogP contribution in [0.5, 0.6) is 0 Å². The molecule has 23 heavy (non-hydrogen) atoms. The molecule has 1 N–H and O–H groups in total. The molecule has 2 aromatic rings. The van der Waals surface area contributed by atoms with Crippen molar-refractivity contribution < 1.29 is 9.53 Å². The molecule has 0 fully saturated rings. The van der Waals surface area contributed by atoms with Gasteiger partial charge in [-0.05, 0) is 37.1 Å². The first-order chi connectivity index (χ1) is 10.9. The van der Waals surface area contributed by atoms with Crippen LogP contribution in [0, 0.1) is 0 Å². The van der Waals surface area contributed by atoms with Gasteiger partial charge in [0.25, 0.3) is 0 Å². The third-order valence-corrected chi connectivity index (χ3v) is 3.86. The van der Waals surface area contributed by atoms with Crippen LogP contribution in [0.3, 0.4) is 0 Å². The highest BCUT2D eigenvalue weighted by Crippen LogP contribution is 2.12. The van der Waals surface area contributed by atoms with E-state index in [1.807, 2.05) is 68.4 Å². The maximum atomic E-state index is 12.2. The molecule has 0 aromatic heterocycles. The Morgan fingerprint density at radius 3 is 2.35 bits per heavy atom. The van der Waals surface area contributed by atoms with Crippen molar-refractivity contribution in [1.82, 2.24) is 5.32 Å². The fourth-order valence-corrected chi connectivity index (χ4v) is 2.51. The predicted octanol–water partition coefficient (Wildman–Crippen LogP) is 4.10. The summed E-state index contributed by atoms with van der Waals surface area (Å²) in [5, 5.41) is 3.03. The lowest BCUT2D eigenvalue weighted by atomic mass is 10.1. The van der Waals surface area contributed by atoms with E-state index in [-0.39, 0.29) is 5.91 Å². The number of amides is 1. The molecular weight excluding hydrogens is 354 g/mol. The number of benzene rings is 2. The molecular formula is C19H22BrNO2. The summed E-state index contributed by atoms with van der Waals surface area (Å²) in [6, 6.07) is 17.8. The van der Waals surface area contributed by atoms with Crippen LogP contribution < -0.4 is 5.32 Å². The van der Waals surface area contributed by atoms with Crippen LogP contribution in [-0.2, 0) is 22.6 Å². The second-order valence-electron chi connectivity index (χ2n) is 6.21. The van der Waals surface area contributed by atoms with E-state index >= 15 is 0 Å². The smallest absolute Gasteiger partial charge is 0.224 e. The van der Waals surface area contributed by atoms with Crippen LogP contribution in [0.4, 0.5) is 0 Å². The summed E-state index contributed by atoms with van der Waals surface area (Å²) in [7, 11) is 0. The van der Waals surface area contributed by atoms with Crippen LogP contribution in [0.2, 0.25) is 0 Å². The first kappa shape index (κ1) is 17.7. The van der Waals surface area contributed by atoms with Crippen LogP contribution in [-0.4, -0.2) is 18.1 Å².